The van der Waals surface area contributed by atoms with Crippen LogP contribution in [-0.2, 0) is 37.1 Å². The lowest BCUT2D eigenvalue weighted by atomic mass is 9.63. The molecule has 0 aromatic heterocycles. The zero-order valence-electron chi connectivity index (χ0n) is 23.0. The first-order valence-corrected chi connectivity index (χ1v) is 16.1. The van der Waals surface area contributed by atoms with Gasteiger partial charge in [-0.15, -0.1) is 0 Å². The van der Waals surface area contributed by atoms with Crippen LogP contribution in [-0.4, -0.2) is 15.3 Å². The van der Waals surface area contributed by atoms with Gasteiger partial charge in [0.15, 0.2) is 15.3 Å². The molecule has 1 aliphatic rings. The maximum absolute atomic E-state index is 11.5. The highest BCUT2D eigenvalue weighted by Gasteiger charge is 2.39. The molecular formula is C34H33O3S3. The zero-order chi connectivity index (χ0) is 28.5. The summed E-state index contributed by atoms with van der Waals surface area (Å²) in [4.78, 5) is 34.6. The number of rotatable bonds is 10. The number of hydrogen-bond acceptors (Lipinski definition) is 6. The van der Waals surface area contributed by atoms with Crippen LogP contribution in [0.25, 0.3) is 0 Å². The summed E-state index contributed by atoms with van der Waals surface area (Å²) in [6, 6.07) is 25.8. The summed E-state index contributed by atoms with van der Waals surface area (Å²) in [5, 5.41) is 0.328. The number of thioether (sulfide) groups is 3. The molecule has 0 heterocycles. The highest BCUT2D eigenvalue weighted by atomic mass is 32.2. The van der Waals surface area contributed by atoms with Crippen LogP contribution in [0.15, 0.2) is 96.6 Å². The second kappa shape index (κ2) is 14.2. The van der Waals surface area contributed by atoms with Gasteiger partial charge < -0.3 is 0 Å². The van der Waals surface area contributed by atoms with Crippen molar-refractivity contribution in [2.45, 2.75) is 49.9 Å². The largest absolute Gasteiger partial charge is 0.288 e. The molecule has 0 fully saturated rings. The number of hydrogen-bond donors (Lipinski definition) is 0. The Hall–Kier alpha value is -2.80. The average molecular weight is 586 g/mol. The lowest BCUT2D eigenvalue weighted by Crippen LogP contribution is -2.32. The van der Waals surface area contributed by atoms with Crippen molar-refractivity contribution in [2.75, 3.05) is 0 Å². The van der Waals surface area contributed by atoms with E-state index in [1.807, 2.05) is 0 Å². The lowest BCUT2D eigenvalue weighted by molar-refractivity contribution is -0.109. The van der Waals surface area contributed by atoms with E-state index in [0.717, 1.165) is 39.8 Å². The fourth-order valence-corrected chi connectivity index (χ4v) is 6.59. The minimum absolute atomic E-state index is 0.109. The van der Waals surface area contributed by atoms with Gasteiger partial charge in [0.05, 0.1) is 5.41 Å². The van der Waals surface area contributed by atoms with E-state index in [2.05, 4.69) is 97.4 Å². The Balaban J connectivity index is 1.86. The smallest absolute Gasteiger partial charge is 0.186 e. The van der Waals surface area contributed by atoms with Gasteiger partial charge in [0.2, 0.25) is 0 Å². The summed E-state index contributed by atoms with van der Waals surface area (Å²) in [6.45, 7) is 4.79. The molecule has 4 rings (SSSR count). The number of carbonyl (C=O) groups excluding carboxylic acids is 3. The summed E-state index contributed by atoms with van der Waals surface area (Å²) >= 11 is 3.95. The molecular weight excluding hydrogens is 553 g/mol. The van der Waals surface area contributed by atoms with Crippen molar-refractivity contribution < 1.29 is 14.4 Å². The van der Waals surface area contributed by atoms with E-state index in [-0.39, 0.29) is 15.3 Å². The third kappa shape index (κ3) is 7.48. The Bertz CT molecular complexity index is 1250. The Morgan fingerprint density at radius 1 is 0.600 bits per heavy atom. The maximum Gasteiger partial charge on any atom is 0.186 e. The predicted octanol–water partition coefficient (Wildman–Crippen LogP) is 8.45. The summed E-state index contributed by atoms with van der Waals surface area (Å²) in [5.74, 6) is 1.93. The van der Waals surface area contributed by atoms with E-state index in [1.165, 1.54) is 40.9 Å². The van der Waals surface area contributed by atoms with Gasteiger partial charge in [-0.2, -0.15) is 0 Å². The lowest BCUT2D eigenvalue weighted by Gasteiger charge is -2.38. The Kier molecular flexibility index (Phi) is 10.7. The third-order valence-corrected chi connectivity index (χ3v) is 9.46. The summed E-state index contributed by atoms with van der Waals surface area (Å²) < 4.78 is 0. The van der Waals surface area contributed by atoms with Gasteiger partial charge in [-0.25, -0.2) is 0 Å². The highest BCUT2D eigenvalue weighted by Crippen LogP contribution is 2.47. The quantitative estimate of drug-likeness (QED) is 0.223. The molecule has 1 radical (unpaired) electrons. The van der Waals surface area contributed by atoms with Crippen LogP contribution in [0.3, 0.4) is 0 Å². The van der Waals surface area contributed by atoms with Gasteiger partial charge in [0, 0.05) is 38.0 Å². The average Bonchev–Trinajstić information content (AvgIpc) is 2.96. The molecule has 0 saturated carbocycles. The monoisotopic (exact) mass is 585 g/mol. The van der Waals surface area contributed by atoms with Gasteiger partial charge >= 0.3 is 0 Å². The maximum atomic E-state index is 11.5. The van der Waals surface area contributed by atoms with Crippen LogP contribution in [0.1, 0.15) is 60.6 Å². The highest BCUT2D eigenvalue weighted by molar-refractivity contribution is 8.13. The van der Waals surface area contributed by atoms with E-state index in [9.17, 15) is 14.4 Å². The van der Waals surface area contributed by atoms with E-state index in [1.54, 1.807) is 20.8 Å². The van der Waals surface area contributed by atoms with Crippen LogP contribution < -0.4 is 0 Å². The normalized spacial score (nSPS) is 13.1. The SMILES string of the molecule is CC(=O)SCc1ccc(C(C2=CC[CH]C=C2)(c2ccc(CSC(C)=O)cc2)c2ccc(CSC(C)=O)cc2)cc1. The van der Waals surface area contributed by atoms with Gasteiger partial charge in [-0.1, -0.05) is 126 Å². The van der Waals surface area contributed by atoms with Crippen molar-refractivity contribution in [3.05, 3.63) is 136 Å². The molecule has 0 N–H and O–H groups in total. The summed E-state index contributed by atoms with van der Waals surface area (Å²) in [6.07, 6.45) is 9.61. The molecule has 0 bridgehead atoms. The number of benzene rings is 3. The fraction of sp³-hybridized carbons (Fsp3) is 0.235. The molecule has 0 unspecified atom stereocenters. The fourth-order valence-electron chi connectivity index (χ4n) is 4.90. The van der Waals surface area contributed by atoms with Gasteiger partial charge in [-0.3, -0.25) is 14.4 Å². The van der Waals surface area contributed by atoms with E-state index < -0.39 is 5.41 Å². The van der Waals surface area contributed by atoms with Crippen LogP contribution >= 0.6 is 35.3 Å². The first-order valence-electron chi connectivity index (χ1n) is 13.2. The molecule has 205 valence electrons. The first-order chi connectivity index (χ1) is 19.3. The molecule has 0 saturated heterocycles. The molecule has 3 aromatic rings. The molecule has 6 heteroatoms. The van der Waals surface area contributed by atoms with Crippen LogP contribution in [0, 0.1) is 6.42 Å². The van der Waals surface area contributed by atoms with Crippen molar-refractivity contribution in [3.63, 3.8) is 0 Å². The Morgan fingerprint density at radius 2 is 0.950 bits per heavy atom. The van der Waals surface area contributed by atoms with Crippen LogP contribution in [0.5, 0.6) is 0 Å². The van der Waals surface area contributed by atoms with Crippen molar-refractivity contribution >= 4 is 50.6 Å². The van der Waals surface area contributed by atoms with Crippen LogP contribution in [0.4, 0.5) is 0 Å². The zero-order valence-corrected chi connectivity index (χ0v) is 25.5. The first kappa shape index (κ1) is 30.2. The third-order valence-electron chi connectivity index (χ3n) is 6.81. The molecule has 0 amide bonds. The van der Waals surface area contributed by atoms with Crippen molar-refractivity contribution in [3.8, 4) is 0 Å². The topological polar surface area (TPSA) is 51.2 Å². The molecule has 0 spiro atoms. The molecule has 3 aromatic carbocycles. The minimum atomic E-state index is -0.574. The van der Waals surface area contributed by atoms with Gasteiger partial charge in [-0.05, 0) is 51.8 Å². The van der Waals surface area contributed by atoms with E-state index >= 15 is 0 Å². The van der Waals surface area contributed by atoms with E-state index in [0.29, 0.717) is 17.3 Å². The predicted molar refractivity (Wildman–Crippen MR) is 171 cm³/mol. The number of allylic oxidation sites excluding steroid dienone is 4. The molecule has 0 atom stereocenters. The standard InChI is InChI=1S/C34H33O3S3/c1-24(35)38-21-27-9-15-31(16-10-27)34(30-7-5-4-6-8-30,32-17-11-28(12-18-32)22-39-25(2)36)33-19-13-29(14-20-33)23-40-26(3)37/h4-5,7-20H,6,21-23H2,1-3H3. The van der Waals surface area contributed by atoms with Crippen molar-refractivity contribution in [1.29, 1.82) is 0 Å². The molecule has 1 aliphatic carbocycles. The summed E-state index contributed by atoms with van der Waals surface area (Å²) in [5.41, 5.74) is 7.34. The van der Waals surface area contributed by atoms with Crippen molar-refractivity contribution in [2.24, 2.45) is 0 Å². The molecule has 0 aliphatic heterocycles. The summed E-state index contributed by atoms with van der Waals surface area (Å²) in [7, 11) is 0. The van der Waals surface area contributed by atoms with Gasteiger partial charge in [0.1, 0.15) is 0 Å². The van der Waals surface area contributed by atoms with Gasteiger partial charge in [0.25, 0.3) is 0 Å². The second-order valence-corrected chi connectivity index (χ2v) is 13.1. The Labute approximate surface area is 250 Å². The molecule has 3 nitrogen and oxygen atoms in total. The van der Waals surface area contributed by atoms with Crippen LogP contribution in [0.2, 0.25) is 0 Å². The number of carbonyl (C=O) groups is 3. The Morgan fingerprint density at radius 3 is 1.23 bits per heavy atom. The molecule has 40 heavy (non-hydrogen) atoms. The van der Waals surface area contributed by atoms with E-state index in [4.69, 9.17) is 0 Å². The second-order valence-electron chi connectivity index (χ2n) is 9.67. The minimum Gasteiger partial charge on any atom is -0.288 e. The van der Waals surface area contributed by atoms with Crippen molar-refractivity contribution in [1.82, 2.24) is 0 Å².